The Hall–Kier alpha value is -3.41. The van der Waals surface area contributed by atoms with Crippen LogP contribution in [-0.2, 0) is 28.6 Å². The van der Waals surface area contributed by atoms with Crippen LogP contribution in [-0.4, -0.2) is 37.2 Å². The van der Waals surface area contributed by atoms with Crippen molar-refractivity contribution in [3.8, 4) is 0 Å². The van der Waals surface area contributed by atoms with Gasteiger partial charge in [-0.15, -0.1) is 0 Å². The monoisotopic (exact) mass is 1000 g/mol. The van der Waals surface area contributed by atoms with Crippen LogP contribution in [0.15, 0.2) is 85.1 Å². The van der Waals surface area contributed by atoms with E-state index < -0.39 is 6.10 Å². The summed E-state index contributed by atoms with van der Waals surface area (Å²) in [7, 11) is 0. The lowest BCUT2D eigenvalue weighted by atomic mass is 10.0. The minimum absolute atomic E-state index is 0.0789. The van der Waals surface area contributed by atoms with E-state index in [4.69, 9.17) is 14.2 Å². The van der Waals surface area contributed by atoms with E-state index in [1.165, 1.54) is 135 Å². The van der Waals surface area contributed by atoms with Crippen molar-refractivity contribution < 1.29 is 28.6 Å². The lowest BCUT2D eigenvalue weighted by Gasteiger charge is -2.18. The molecule has 0 fully saturated rings. The molecule has 0 aromatic rings. The van der Waals surface area contributed by atoms with Gasteiger partial charge in [-0.05, 0) is 77.0 Å². The van der Waals surface area contributed by atoms with Crippen LogP contribution in [0, 0.1) is 0 Å². The van der Waals surface area contributed by atoms with Gasteiger partial charge in [-0.25, -0.2) is 0 Å². The number of rotatable bonds is 55. The number of esters is 3. The van der Waals surface area contributed by atoms with E-state index in [9.17, 15) is 14.4 Å². The molecule has 72 heavy (non-hydrogen) atoms. The maximum Gasteiger partial charge on any atom is 0.306 e. The zero-order valence-electron chi connectivity index (χ0n) is 47.4. The first-order valence-electron chi connectivity index (χ1n) is 30.6. The van der Waals surface area contributed by atoms with Crippen molar-refractivity contribution >= 4 is 17.9 Å². The smallest absolute Gasteiger partial charge is 0.306 e. The zero-order chi connectivity index (χ0) is 52.2. The third kappa shape index (κ3) is 57.5. The van der Waals surface area contributed by atoms with Crippen LogP contribution in [0.5, 0.6) is 0 Å². The van der Waals surface area contributed by atoms with Gasteiger partial charge in [0.2, 0.25) is 0 Å². The first-order valence-corrected chi connectivity index (χ1v) is 30.6. The average molecular weight is 1000 g/mol. The van der Waals surface area contributed by atoms with Crippen LogP contribution in [0.3, 0.4) is 0 Å². The highest BCUT2D eigenvalue weighted by Gasteiger charge is 2.19. The Balaban J connectivity index is 4.30. The second-order valence-corrected chi connectivity index (χ2v) is 20.2. The topological polar surface area (TPSA) is 78.9 Å². The van der Waals surface area contributed by atoms with Crippen molar-refractivity contribution in [1.82, 2.24) is 0 Å². The van der Waals surface area contributed by atoms with Crippen LogP contribution >= 0.6 is 0 Å². The fourth-order valence-corrected chi connectivity index (χ4v) is 8.60. The summed E-state index contributed by atoms with van der Waals surface area (Å²) >= 11 is 0. The number of hydrogen-bond acceptors (Lipinski definition) is 6. The molecule has 6 nitrogen and oxygen atoms in total. The van der Waals surface area contributed by atoms with Crippen molar-refractivity contribution in [3.05, 3.63) is 85.1 Å². The van der Waals surface area contributed by atoms with E-state index in [-0.39, 0.29) is 31.1 Å². The summed E-state index contributed by atoms with van der Waals surface area (Å²) in [5.74, 6) is -0.889. The Labute approximate surface area is 445 Å². The molecule has 0 aliphatic heterocycles. The fraction of sp³-hybridized carbons (Fsp3) is 0.742. The fourth-order valence-electron chi connectivity index (χ4n) is 8.60. The summed E-state index contributed by atoms with van der Waals surface area (Å²) < 4.78 is 16.9. The minimum atomic E-state index is -0.781. The summed E-state index contributed by atoms with van der Waals surface area (Å²) in [6, 6.07) is 0. The predicted octanol–water partition coefficient (Wildman–Crippen LogP) is 20.7. The van der Waals surface area contributed by atoms with Crippen molar-refractivity contribution in [2.45, 2.75) is 303 Å². The molecule has 1 atom stereocenters. The third-order valence-electron chi connectivity index (χ3n) is 13.2. The molecule has 0 radical (unpaired) electrons. The zero-order valence-corrected chi connectivity index (χ0v) is 47.4. The molecule has 0 saturated heterocycles. The van der Waals surface area contributed by atoms with Gasteiger partial charge in [-0.2, -0.15) is 0 Å². The van der Waals surface area contributed by atoms with Crippen LogP contribution in [0.1, 0.15) is 297 Å². The molecule has 0 aliphatic rings. The van der Waals surface area contributed by atoms with Gasteiger partial charge in [-0.1, -0.05) is 286 Å². The third-order valence-corrected chi connectivity index (χ3v) is 13.2. The van der Waals surface area contributed by atoms with Gasteiger partial charge in [0.25, 0.3) is 0 Å². The molecule has 6 heteroatoms. The van der Waals surface area contributed by atoms with E-state index in [1.807, 2.05) is 0 Å². The van der Waals surface area contributed by atoms with Crippen molar-refractivity contribution in [2.24, 2.45) is 0 Å². The quantitative estimate of drug-likeness (QED) is 0.0261. The van der Waals surface area contributed by atoms with E-state index in [0.717, 1.165) is 122 Å². The second-order valence-electron chi connectivity index (χ2n) is 20.2. The standard InChI is InChI=1S/C66H114O6/c1-4-7-10-13-16-19-22-24-26-28-29-30-31-32-33-34-35-36-37-39-40-42-44-47-50-53-56-59-65(68)71-62-63(61-70-64(67)58-55-52-49-46-21-18-15-12-9-6-3)72-66(69)60-57-54-51-48-45-43-41-38-27-25-23-20-17-14-11-8-5-2/h7,10,16,19,24,26,29-30,32-33,35-36,39-40,63H,4-6,8-9,11-15,17-18,20-23,25,27-28,31,34,37-38,41-62H2,1-3H3/b10-7-,19-16-,26-24-,30-29-,33-32-,36-35-,40-39-. The lowest BCUT2D eigenvalue weighted by molar-refractivity contribution is -0.167. The van der Waals surface area contributed by atoms with Gasteiger partial charge < -0.3 is 14.2 Å². The summed E-state index contributed by atoms with van der Waals surface area (Å²) in [5, 5.41) is 0. The molecule has 414 valence electrons. The van der Waals surface area contributed by atoms with Crippen molar-refractivity contribution in [1.29, 1.82) is 0 Å². The molecule has 0 N–H and O–H groups in total. The number of hydrogen-bond donors (Lipinski definition) is 0. The molecule has 0 spiro atoms. The van der Waals surface area contributed by atoms with Crippen LogP contribution in [0.2, 0.25) is 0 Å². The Morgan fingerprint density at radius 2 is 0.542 bits per heavy atom. The lowest BCUT2D eigenvalue weighted by Crippen LogP contribution is -2.30. The van der Waals surface area contributed by atoms with Crippen LogP contribution in [0.25, 0.3) is 0 Å². The van der Waals surface area contributed by atoms with Crippen molar-refractivity contribution in [2.75, 3.05) is 13.2 Å². The first kappa shape index (κ1) is 68.6. The molecule has 0 bridgehead atoms. The largest absolute Gasteiger partial charge is 0.462 e. The summed E-state index contributed by atoms with van der Waals surface area (Å²) in [6.45, 7) is 6.52. The Bertz CT molecular complexity index is 1380. The molecule has 0 amide bonds. The molecule has 0 aliphatic carbocycles. The summed E-state index contributed by atoms with van der Waals surface area (Å²) in [6.07, 6.45) is 78.7. The minimum Gasteiger partial charge on any atom is -0.462 e. The summed E-state index contributed by atoms with van der Waals surface area (Å²) in [4.78, 5) is 38.1. The summed E-state index contributed by atoms with van der Waals surface area (Å²) in [5.41, 5.74) is 0. The maximum absolute atomic E-state index is 12.9. The Kier molecular flexibility index (Phi) is 57.3. The Morgan fingerprint density at radius 1 is 0.292 bits per heavy atom. The Morgan fingerprint density at radius 3 is 0.847 bits per heavy atom. The molecule has 0 aromatic heterocycles. The van der Waals surface area contributed by atoms with Crippen LogP contribution < -0.4 is 0 Å². The molecule has 1 unspecified atom stereocenters. The highest BCUT2D eigenvalue weighted by molar-refractivity contribution is 5.71. The van der Waals surface area contributed by atoms with Gasteiger partial charge in [0.1, 0.15) is 13.2 Å². The number of unbranched alkanes of at least 4 members (excludes halogenated alkanes) is 30. The number of carbonyl (C=O) groups is 3. The molecular formula is C66H114O6. The second kappa shape index (κ2) is 60.1. The molecule has 0 rings (SSSR count). The maximum atomic E-state index is 12.9. The van der Waals surface area contributed by atoms with E-state index >= 15 is 0 Å². The predicted molar refractivity (Wildman–Crippen MR) is 311 cm³/mol. The van der Waals surface area contributed by atoms with Crippen LogP contribution in [0.4, 0.5) is 0 Å². The van der Waals surface area contributed by atoms with Gasteiger partial charge >= 0.3 is 17.9 Å². The van der Waals surface area contributed by atoms with Gasteiger partial charge in [-0.3, -0.25) is 14.4 Å². The normalized spacial score (nSPS) is 12.7. The number of carbonyl (C=O) groups excluding carboxylic acids is 3. The molecular weight excluding hydrogens is 889 g/mol. The first-order chi connectivity index (χ1) is 35.5. The van der Waals surface area contributed by atoms with E-state index in [0.29, 0.717) is 19.3 Å². The highest BCUT2D eigenvalue weighted by Crippen LogP contribution is 2.16. The van der Waals surface area contributed by atoms with Crippen molar-refractivity contribution in [3.63, 3.8) is 0 Å². The van der Waals surface area contributed by atoms with E-state index in [1.54, 1.807) is 0 Å². The average Bonchev–Trinajstić information content (AvgIpc) is 3.38. The van der Waals surface area contributed by atoms with Gasteiger partial charge in [0.15, 0.2) is 6.10 Å². The van der Waals surface area contributed by atoms with Gasteiger partial charge in [0, 0.05) is 19.3 Å². The van der Waals surface area contributed by atoms with E-state index in [2.05, 4.69) is 106 Å². The number of allylic oxidation sites excluding steroid dienone is 14. The molecule has 0 saturated carbocycles. The molecule has 0 heterocycles. The van der Waals surface area contributed by atoms with Gasteiger partial charge in [0.05, 0.1) is 0 Å². The number of ether oxygens (including phenoxy) is 3. The SMILES string of the molecule is CC/C=C\C/C=C\C/C=C\C/C=C\C/C=C\C/C=C\C/C=C\CCCCCCCC(=O)OCC(COC(=O)CCCCCCCCCCCC)OC(=O)CCCCCCCCCCCCCCCCCCC. The molecule has 0 aromatic carbocycles. The highest BCUT2D eigenvalue weighted by atomic mass is 16.6.